The van der Waals surface area contributed by atoms with E-state index in [1.807, 2.05) is 0 Å². The molecule has 13 heteroatoms. The smallest absolute Gasteiger partial charge is 0.459 e. The number of carbonyl (C=O) groups excluding carboxylic acids is 3. The summed E-state index contributed by atoms with van der Waals surface area (Å²) in [6.45, 7) is 4.47. The van der Waals surface area contributed by atoms with Gasteiger partial charge >= 0.3 is 13.7 Å². The molecule has 0 radical (unpaired) electrons. The van der Waals surface area contributed by atoms with E-state index in [4.69, 9.17) is 13.8 Å². The van der Waals surface area contributed by atoms with Gasteiger partial charge in [0.15, 0.2) is 5.78 Å². The first-order valence-electron chi connectivity index (χ1n) is 11.0. The van der Waals surface area contributed by atoms with Crippen molar-refractivity contribution in [2.45, 2.75) is 62.2 Å². The highest BCUT2D eigenvalue weighted by Crippen LogP contribution is 2.47. The van der Waals surface area contributed by atoms with Crippen LogP contribution in [0.4, 0.5) is 0 Å². The molecule has 0 spiro atoms. The van der Waals surface area contributed by atoms with Crippen LogP contribution in [0.1, 0.15) is 27.2 Å². The SMILES string of the molecule is CC(C)OC(=O)[C@H](C)N[P@@](=O)(OC[C@H]1S[C@@H](N2C=CC(=O)CC2=O)[C@H](O)[C@@H]1O)Oc1ccccc1. The van der Waals surface area contributed by atoms with Gasteiger partial charge in [0.2, 0.25) is 5.91 Å². The number of esters is 1. The number of hydrogen-bond acceptors (Lipinski definition) is 10. The van der Waals surface area contributed by atoms with Gasteiger partial charge < -0.3 is 24.4 Å². The summed E-state index contributed by atoms with van der Waals surface area (Å²) in [7, 11) is -4.16. The number of rotatable bonds is 10. The van der Waals surface area contributed by atoms with Crippen molar-refractivity contribution in [3.8, 4) is 5.75 Å². The molecule has 1 saturated heterocycles. The average Bonchev–Trinajstić information content (AvgIpc) is 3.06. The van der Waals surface area contributed by atoms with Crippen LogP contribution in [0, 0.1) is 0 Å². The largest absolute Gasteiger partial charge is 0.462 e. The molecule has 0 unspecified atom stereocenters. The minimum atomic E-state index is -4.16. The second kappa shape index (κ2) is 11.7. The lowest BCUT2D eigenvalue weighted by Crippen LogP contribution is -2.44. The number of thioether (sulfide) groups is 1. The maximum atomic E-state index is 13.6. The standard InChI is InChI=1S/C22H29N2O9PS/c1-13(2)32-22(29)14(3)23-34(30,33-16-7-5-4-6-8-16)31-12-17-19(27)20(28)21(35-17)24-10-9-15(25)11-18(24)26/h4-10,13-14,17,19-21,27-28H,11-12H2,1-3H3,(H,23,30)/t14-,17+,19+,20+,21+,34+/m0/s1. The van der Waals surface area contributed by atoms with Gasteiger partial charge in [-0.3, -0.25) is 18.9 Å². The Bertz CT molecular complexity index is 1010. The number of allylic oxidation sites excluding steroid dienone is 1. The predicted molar refractivity (Wildman–Crippen MR) is 127 cm³/mol. The number of benzene rings is 1. The number of ether oxygens (including phenoxy) is 1. The van der Waals surface area contributed by atoms with Crippen molar-refractivity contribution in [2.75, 3.05) is 6.61 Å². The number of nitrogens with one attached hydrogen (secondary N) is 1. The molecular formula is C22H29N2O9PS. The van der Waals surface area contributed by atoms with Crippen molar-refractivity contribution < 1.29 is 42.9 Å². The molecule has 35 heavy (non-hydrogen) atoms. The molecule has 6 atom stereocenters. The predicted octanol–water partition coefficient (Wildman–Crippen LogP) is 1.60. The Morgan fingerprint density at radius 1 is 1.20 bits per heavy atom. The van der Waals surface area contributed by atoms with Crippen molar-refractivity contribution in [2.24, 2.45) is 0 Å². The summed E-state index contributed by atoms with van der Waals surface area (Å²) in [5.74, 6) is -1.28. The lowest BCUT2D eigenvalue weighted by molar-refractivity contribution is -0.149. The number of para-hydroxylation sites is 1. The number of ketones is 1. The van der Waals surface area contributed by atoms with Crippen molar-refractivity contribution in [3.05, 3.63) is 42.6 Å². The van der Waals surface area contributed by atoms with Crippen molar-refractivity contribution in [1.82, 2.24) is 9.99 Å². The van der Waals surface area contributed by atoms with E-state index >= 15 is 0 Å². The van der Waals surface area contributed by atoms with Crippen LogP contribution in [0.15, 0.2) is 42.6 Å². The molecule has 3 rings (SSSR count). The van der Waals surface area contributed by atoms with E-state index in [0.717, 1.165) is 11.8 Å². The van der Waals surface area contributed by atoms with Gasteiger partial charge in [-0.05, 0) is 39.0 Å². The molecule has 11 nitrogen and oxygen atoms in total. The van der Waals surface area contributed by atoms with Gasteiger partial charge in [0, 0.05) is 6.20 Å². The number of hydrogen-bond donors (Lipinski definition) is 3. The molecule has 1 fully saturated rings. The number of aliphatic hydroxyl groups is 2. The quantitative estimate of drug-likeness (QED) is 0.231. The lowest BCUT2D eigenvalue weighted by atomic mass is 10.1. The zero-order valence-electron chi connectivity index (χ0n) is 19.5. The minimum Gasteiger partial charge on any atom is -0.462 e. The fourth-order valence-electron chi connectivity index (χ4n) is 3.38. The maximum Gasteiger partial charge on any atom is 0.459 e. The monoisotopic (exact) mass is 528 g/mol. The molecule has 2 aliphatic rings. The number of aliphatic hydroxyl groups excluding tert-OH is 2. The van der Waals surface area contributed by atoms with Crippen molar-refractivity contribution in [3.63, 3.8) is 0 Å². The van der Waals surface area contributed by atoms with Gasteiger partial charge in [0.05, 0.1) is 30.5 Å². The van der Waals surface area contributed by atoms with Crippen LogP contribution < -0.4 is 9.61 Å². The third-order valence-electron chi connectivity index (χ3n) is 5.08. The normalized spacial score (nSPS) is 27.1. The van der Waals surface area contributed by atoms with Crippen LogP contribution in [0.3, 0.4) is 0 Å². The first-order chi connectivity index (χ1) is 16.5. The lowest BCUT2D eigenvalue weighted by Gasteiger charge is -2.29. The Kier molecular flexibility index (Phi) is 9.14. The Morgan fingerprint density at radius 2 is 1.89 bits per heavy atom. The zero-order valence-corrected chi connectivity index (χ0v) is 21.2. The van der Waals surface area contributed by atoms with Gasteiger partial charge in [-0.1, -0.05) is 18.2 Å². The van der Waals surface area contributed by atoms with E-state index in [9.17, 15) is 29.2 Å². The molecule has 192 valence electrons. The third-order valence-corrected chi connectivity index (χ3v) is 8.27. The summed E-state index contributed by atoms with van der Waals surface area (Å²) in [5, 5.41) is 22.0. The van der Waals surface area contributed by atoms with Gasteiger partial charge in [0.1, 0.15) is 23.3 Å². The molecule has 2 aliphatic heterocycles. The molecule has 0 saturated carbocycles. The highest BCUT2D eigenvalue weighted by Gasteiger charge is 2.47. The topological polar surface area (TPSA) is 152 Å². The minimum absolute atomic E-state index is 0.221. The number of nitrogens with zero attached hydrogens (tertiary/aromatic N) is 1. The summed E-state index contributed by atoms with van der Waals surface area (Å²) < 4.78 is 29.9. The van der Waals surface area contributed by atoms with Crippen LogP contribution in [-0.2, 0) is 28.2 Å². The molecule has 1 aromatic rings. The van der Waals surface area contributed by atoms with E-state index in [-0.39, 0.29) is 30.7 Å². The van der Waals surface area contributed by atoms with Gasteiger partial charge in [0.25, 0.3) is 0 Å². The highest BCUT2D eigenvalue weighted by molar-refractivity contribution is 8.00. The van der Waals surface area contributed by atoms with Crippen LogP contribution >= 0.6 is 19.5 Å². The second-order valence-electron chi connectivity index (χ2n) is 8.34. The Hall–Kier alpha value is -2.21. The Balaban J connectivity index is 1.72. The second-order valence-corrected chi connectivity index (χ2v) is 11.4. The first kappa shape index (κ1) is 27.4. The Morgan fingerprint density at radius 3 is 2.51 bits per heavy atom. The van der Waals surface area contributed by atoms with Crippen LogP contribution in [-0.4, -0.2) is 74.4 Å². The van der Waals surface area contributed by atoms with Gasteiger partial charge in [-0.2, -0.15) is 5.09 Å². The average molecular weight is 529 g/mol. The molecule has 1 aromatic carbocycles. The first-order valence-corrected chi connectivity index (χ1v) is 13.5. The van der Waals surface area contributed by atoms with E-state index in [1.54, 1.807) is 44.2 Å². The van der Waals surface area contributed by atoms with Crippen LogP contribution in [0.2, 0.25) is 0 Å². The van der Waals surface area contributed by atoms with Crippen molar-refractivity contribution in [1.29, 1.82) is 0 Å². The van der Waals surface area contributed by atoms with Crippen LogP contribution in [0.25, 0.3) is 0 Å². The summed E-state index contributed by atoms with van der Waals surface area (Å²) in [4.78, 5) is 37.1. The number of carbonyl (C=O) groups is 3. The molecule has 2 heterocycles. The molecule has 0 aliphatic carbocycles. The van der Waals surface area contributed by atoms with E-state index in [0.29, 0.717) is 0 Å². The van der Waals surface area contributed by atoms with E-state index in [1.165, 1.54) is 24.1 Å². The maximum absolute atomic E-state index is 13.6. The molecule has 3 N–H and O–H groups in total. The van der Waals surface area contributed by atoms with E-state index < -0.39 is 48.5 Å². The summed E-state index contributed by atoms with van der Waals surface area (Å²) in [6.07, 6.45) is -0.861. The van der Waals surface area contributed by atoms with E-state index in [2.05, 4.69) is 5.09 Å². The molecule has 0 aromatic heterocycles. The Labute approximate surface area is 207 Å². The van der Waals surface area contributed by atoms with Gasteiger partial charge in [-0.25, -0.2) is 4.57 Å². The molecule has 1 amide bonds. The third kappa shape index (κ3) is 7.16. The summed E-state index contributed by atoms with van der Waals surface area (Å²) >= 11 is 1.04. The fourth-order valence-corrected chi connectivity index (χ4v) is 6.46. The highest BCUT2D eigenvalue weighted by atomic mass is 32.2. The van der Waals surface area contributed by atoms with Crippen molar-refractivity contribution >= 4 is 37.2 Å². The fraction of sp³-hybridized carbons (Fsp3) is 0.500. The number of amides is 1. The van der Waals surface area contributed by atoms with Crippen LogP contribution in [0.5, 0.6) is 5.75 Å². The molecular weight excluding hydrogens is 499 g/mol. The summed E-state index contributed by atoms with van der Waals surface area (Å²) in [5.41, 5.74) is 0. The zero-order chi connectivity index (χ0) is 25.8. The summed E-state index contributed by atoms with van der Waals surface area (Å²) in [6, 6.07) is 7.15. The molecule has 0 bridgehead atoms. The van der Waals surface area contributed by atoms with Gasteiger partial charge in [-0.15, -0.1) is 11.8 Å².